The molecule has 0 amide bonds. The molecule has 0 saturated heterocycles. The number of hydrogen-bond donors (Lipinski definition) is 2. The Bertz CT molecular complexity index is 668. The molecule has 20 heavy (non-hydrogen) atoms. The number of sulfonamides is 1. The van der Waals surface area contributed by atoms with Gasteiger partial charge in [-0.05, 0) is 31.2 Å². The van der Waals surface area contributed by atoms with E-state index in [1.807, 2.05) is 13.1 Å². The quantitative estimate of drug-likeness (QED) is 0.809. The summed E-state index contributed by atoms with van der Waals surface area (Å²) in [6, 6.07) is 5.34. The van der Waals surface area contributed by atoms with E-state index in [1.54, 1.807) is 19.1 Å². The van der Waals surface area contributed by atoms with Gasteiger partial charge in [0.2, 0.25) is 16.4 Å². The first-order valence-corrected chi connectivity index (χ1v) is 7.50. The summed E-state index contributed by atoms with van der Waals surface area (Å²) in [4.78, 5) is 4.03. The molecule has 8 heteroatoms. The van der Waals surface area contributed by atoms with Crippen LogP contribution in [0, 0.1) is 6.92 Å². The van der Waals surface area contributed by atoms with E-state index in [-0.39, 0.29) is 17.3 Å². The third kappa shape index (κ3) is 3.41. The summed E-state index contributed by atoms with van der Waals surface area (Å²) in [5, 5.41) is 6.55. The molecule has 0 saturated carbocycles. The van der Waals surface area contributed by atoms with E-state index in [0.29, 0.717) is 12.1 Å². The molecule has 0 aliphatic rings. The van der Waals surface area contributed by atoms with E-state index < -0.39 is 10.0 Å². The van der Waals surface area contributed by atoms with Crippen molar-refractivity contribution in [2.45, 2.75) is 24.9 Å². The maximum atomic E-state index is 12.3. The molecule has 0 unspecified atom stereocenters. The number of nitrogens with one attached hydrogen (secondary N) is 2. The Kier molecular flexibility index (Phi) is 4.48. The molecule has 0 spiro atoms. The Morgan fingerprint density at radius 1 is 1.30 bits per heavy atom. The first-order chi connectivity index (χ1) is 9.53. The van der Waals surface area contributed by atoms with E-state index >= 15 is 0 Å². The van der Waals surface area contributed by atoms with Gasteiger partial charge in [0.15, 0.2) is 5.82 Å². The van der Waals surface area contributed by atoms with Crippen LogP contribution in [-0.2, 0) is 23.1 Å². The van der Waals surface area contributed by atoms with Gasteiger partial charge in [0, 0.05) is 6.54 Å². The monoisotopic (exact) mass is 296 g/mol. The fraction of sp³-hybridized carbons (Fsp3) is 0.333. The van der Waals surface area contributed by atoms with Crippen molar-refractivity contribution in [3.05, 3.63) is 41.5 Å². The Morgan fingerprint density at radius 2 is 2.10 bits per heavy atom. The van der Waals surface area contributed by atoms with Gasteiger partial charge in [0.25, 0.3) is 0 Å². The smallest absolute Gasteiger partial charge is 0.241 e. The molecule has 0 aliphatic carbocycles. The lowest BCUT2D eigenvalue weighted by Crippen LogP contribution is -2.24. The van der Waals surface area contributed by atoms with E-state index in [2.05, 4.69) is 24.7 Å². The van der Waals surface area contributed by atoms with Crippen molar-refractivity contribution in [3.8, 4) is 0 Å². The molecule has 0 aliphatic heterocycles. The maximum absolute atomic E-state index is 12.3. The standard InChI is InChI=1S/C12H16N4O3S/c1-9-3-4-10(6-13-2)5-11(9)20(17,18)15-7-12-14-8-19-16-12/h3-5,8,13,15H,6-7H2,1-2H3. The average molecular weight is 296 g/mol. The predicted molar refractivity (Wildman–Crippen MR) is 72.3 cm³/mol. The van der Waals surface area contributed by atoms with Gasteiger partial charge in [0.05, 0.1) is 11.4 Å². The van der Waals surface area contributed by atoms with Crippen LogP contribution < -0.4 is 10.0 Å². The number of hydrogen-bond acceptors (Lipinski definition) is 6. The number of aryl methyl sites for hydroxylation is 1. The van der Waals surface area contributed by atoms with Crippen molar-refractivity contribution in [1.29, 1.82) is 0 Å². The van der Waals surface area contributed by atoms with E-state index in [1.165, 1.54) is 0 Å². The molecule has 0 radical (unpaired) electrons. The Morgan fingerprint density at radius 3 is 2.75 bits per heavy atom. The molecular formula is C12H16N4O3S. The summed E-state index contributed by atoms with van der Waals surface area (Å²) in [5.41, 5.74) is 1.59. The third-order valence-electron chi connectivity index (χ3n) is 2.75. The predicted octanol–water partition coefficient (Wildman–Crippen LogP) is 0.576. The van der Waals surface area contributed by atoms with Crippen LogP contribution >= 0.6 is 0 Å². The first-order valence-electron chi connectivity index (χ1n) is 6.02. The Labute approximate surface area is 117 Å². The molecule has 2 N–H and O–H groups in total. The Balaban J connectivity index is 2.21. The lowest BCUT2D eigenvalue weighted by atomic mass is 10.1. The minimum atomic E-state index is -3.61. The molecule has 1 aromatic carbocycles. The summed E-state index contributed by atoms with van der Waals surface area (Å²) >= 11 is 0. The fourth-order valence-electron chi connectivity index (χ4n) is 1.76. The van der Waals surface area contributed by atoms with E-state index in [9.17, 15) is 8.42 Å². The maximum Gasteiger partial charge on any atom is 0.241 e. The van der Waals surface area contributed by atoms with Crippen LogP contribution in [0.3, 0.4) is 0 Å². The van der Waals surface area contributed by atoms with Crippen molar-refractivity contribution in [1.82, 2.24) is 20.2 Å². The van der Waals surface area contributed by atoms with Crippen molar-refractivity contribution < 1.29 is 12.9 Å². The minimum Gasteiger partial charge on any atom is -0.343 e. The van der Waals surface area contributed by atoms with Gasteiger partial charge in [-0.2, -0.15) is 4.98 Å². The molecule has 7 nitrogen and oxygen atoms in total. The van der Waals surface area contributed by atoms with Gasteiger partial charge in [-0.25, -0.2) is 13.1 Å². The largest absolute Gasteiger partial charge is 0.343 e. The van der Waals surface area contributed by atoms with Gasteiger partial charge >= 0.3 is 0 Å². The highest BCUT2D eigenvalue weighted by atomic mass is 32.2. The van der Waals surface area contributed by atoms with Gasteiger partial charge in [-0.1, -0.05) is 17.3 Å². The van der Waals surface area contributed by atoms with E-state index in [4.69, 9.17) is 0 Å². The fourth-order valence-corrected chi connectivity index (χ4v) is 3.03. The summed E-state index contributed by atoms with van der Waals surface area (Å²) in [5.74, 6) is 0.289. The summed E-state index contributed by atoms with van der Waals surface area (Å²) < 4.78 is 31.6. The molecule has 2 rings (SSSR count). The number of rotatable bonds is 6. The third-order valence-corrected chi connectivity index (χ3v) is 4.29. The molecule has 0 atom stereocenters. The van der Waals surface area contributed by atoms with Crippen LogP contribution in [0.1, 0.15) is 17.0 Å². The zero-order valence-corrected chi connectivity index (χ0v) is 12.1. The highest BCUT2D eigenvalue weighted by Gasteiger charge is 2.17. The van der Waals surface area contributed by atoms with E-state index in [0.717, 1.165) is 12.0 Å². The zero-order valence-electron chi connectivity index (χ0n) is 11.3. The number of benzene rings is 1. The van der Waals surface area contributed by atoms with Gasteiger partial charge < -0.3 is 9.84 Å². The molecule has 2 aromatic rings. The molecule has 108 valence electrons. The lowest BCUT2D eigenvalue weighted by molar-refractivity contribution is 0.409. The zero-order chi connectivity index (χ0) is 14.6. The van der Waals surface area contributed by atoms with Crippen molar-refractivity contribution >= 4 is 10.0 Å². The highest BCUT2D eigenvalue weighted by Crippen LogP contribution is 2.17. The second-order valence-corrected chi connectivity index (χ2v) is 6.04. The first kappa shape index (κ1) is 14.6. The van der Waals surface area contributed by atoms with Crippen LogP contribution in [-0.4, -0.2) is 25.6 Å². The number of nitrogens with zero attached hydrogens (tertiary/aromatic N) is 2. The average Bonchev–Trinajstić information content (AvgIpc) is 2.92. The van der Waals surface area contributed by atoms with Gasteiger partial charge in [-0.15, -0.1) is 0 Å². The van der Waals surface area contributed by atoms with Crippen LogP contribution in [0.5, 0.6) is 0 Å². The lowest BCUT2D eigenvalue weighted by Gasteiger charge is -2.10. The molecule has 0 fully saturated rings. The van der Waals surface area contributed by atoms with Crippen LogP contribution in [0.2, 0.25) is 0 Å². The second-order valence-electron chi connectivity index (χ2n) is 4.30. The van der Waals surface area contributed by atoms with Crippen molar-refractivity contribution in [3.63, 3.8) is 0 Å². The molecule has 1 aromatic heterocycles. The molecule has 0 bridgehead atoms. The van der Waals surface area contributed by atoms with Crippen LogP contribution in [0.25, 0.3) is 0 Å². The summed E-state index contributed by atoms with van der Waals surface area (Å²) in [6.45, 7) is 2.36. The molecular weight excluding hydrogens is 280 g/mol. The molecule has 1 heterocycles. The second kappa shape index (κ2) is 6.12. The minimum absolute atomic E-state index is 0.00543. The Hall–Kier alpha value is -1.77. The SMILES string of the molecule is CNCc1ccc(C)c(S(=O)(=O)NCc2ncon2)c1. The van der Waals surface area contributed by atoms with Crippen LogP contribution in [0.15, 0.2) is 34.0 Å². The normalized spacial score (nSPS) is 11.7. The van der Waals surface area contributed by atoms with Crippen molar-refractivity contribution in [2.75, 3.05) is 7.05 Å². The van der Waals surface area contributed by atoms with Gasteiger partial charge in [-0.3, -0.25) is 0 Å². The highest BCUT2D eigenvalue weighted by molar-refractivity contribution is 7.89. The number of aromatic nitrogens is 2. The summed E-state index contributed by atoms with van der Waals surface area (Å²) in [7, 11) is -1.80. The van der Waals surface area contributed by atoms with Crippen LogP contribution in [0.4, 0.5) is 0 Å². The van der Waals surface area contributed by atoms with Gasteiger partial charge in [0.1, 0.15) is 0 Å². The topological polar surface area (TPSA) is 97.1 Å². The van der Waals surface area contributed by atoms with Crippen molar-refractivity contribution in [2.24, 2.45) is 0 Å². The summed E-state index contributed by atoms with van der Waals surface area (Å²) in [6.07, 6.45) is 1.16.